The first-order valence-corrected chi connectivity index (χ1v) is 11.5. The average molecular weight is 433 g/mol. The summed E-state index contributed by atoms with van der Waals surface area (Å²) in [7, 11) is 0.140. The molecule has 0 fully saturated rings. The summed E-state index contributed by atoms with van der Waals surface area (Å²) >= 11 is 0. The van der Waals surface area contributed by atoms with E-state index in [9.17, 15) is 8.42 Å². The van der Waals surface area contributed by atoms with Gasteiger partial charge in [-0.1, -0.05) is 18.2 Å². The highest BCUT2D eigenvalue weighted by atomic mass is 32.2. The Morgan fingerprint density at radius 1 is 1.06 bits per heavy atom. The molecule has 0 saturated carbocycles. The number of aryl methyl sites for hydroxylation is 1. The highest BCUT2D eigenvalue weighted by Gasteiger charge is 2.15. The third-order valence-electron chi connectivity index (χ3n) is 5.42. The molecule has 0 amide bonds. The van der Waals surface area contributed by atoms with Crippen LogP contribution in [0, 0.1) is 0 Å². The van der Waals surface area contributed by atoms with E-state index in [4.69, 9.17) is 4.98 Å². The normalized spacial score (nSPS) is 12.0. The van der Waals surface area contributed by atoms with Crippen LogP contribution in [0.1, 0.15) is 0 Å². The first kappa shape index (κ1) is 19.3. The first-order valence-electron chi connectivity index (χ1n) is 9.61. The topological polar surface area (TPSA) is 96.8 Å². The lowest BCUT2D eigenvalue weighted by molar-refractivity contribution is 0.600. The summed E-state index contributed by atoms with van der Waals surface area (Å²) in [5, 5.41) is 0. The van der Waals surface area contributed by atoms with Gasteiger partial charge in [0.25, 0.3) is 0 Å². The second-order valence-corrected chi connectivity index (χ2v) is 9.51. The monoisotopic (exact) mass is 432 g/mol. The van der Waals surface area contributed by atoms with E-state index in [1.54, 1.807) is 24.7 Å². The fourth-order valence-corrected chi connectivity index (χ4v) is 4.09. The van der Waals surface area contributed by atoms with E-state index < -0.39 is 10.0 Å². The summed E-state index contributed by atoms with van der Waals surface area (Å²) in [6.07, 6.45) is 6.56. The van der Waals surface area contributed by atoms with Gasteiger partial charge in [0.2, 0.25) is 10.0 Å². The van der Waals surface area contributed by atoms with Gasteiger partial charge in [-0.25, -0.2) is 23.4 Å². The molecule has 3 aromatic heterocycles. The van der Waals surface area contributed by atoms with Crippen molar-refractivity contribution in [2.75, 3.05) is 17.6 Å². The van der Waals surface area contributed by atoms with Gasteiger partial charge in [0.15, 0.2) is 5.65 Å². The van der Waals surface area contributed by atoms with E-state index in [2.05, 4.69) is 21.0 Å². The van der Waals surface area contributed by atoms with E-state index in [-0.39, 0.29) is 0 Å². The van der Waals surface area contributed by atoms with Crippen LogP contribution in [0.25, 0.3) is 44.6 Å². The standard InChI is InChI=1S/C22H20N6O2S/c1-27-13-25-18-8-7-14(10-20(18)27)17-11-23-22-21(17)26-19(12-24-22)15-5-4-6-16(9-15)28(2)31(3,29)30/h4-13H,1-3H3,(H,23,24). The number of rotatable bonds is 4. The Labute approximate surface area is 179 Å². The summed E-state index contributed by atoms with van der Waals surface area (Å²) in [5.74, 6) is 0. The van der Waals surface area contributed by atoms with Gasteiger partial charge in [-0.05, 0) is 29.8 Å². The molecule has 0 aliphatic heterocycles. The van der Waals surface area contributed by atoms with Gasteiger partial charge in [0, 0.05) is 31.4 Å². The molecule has 0 saturated heterocycles. The van der Waals surface area contributed by atoms with Crippen molar-refractivity contribution in [3.63, 3.8) is 0 Å². The molecule has 0 atom stereocenters. The number of H-pyrrole nitrogens is 1. The SMILES string of the molecule is CN(c1cccc(-c2cnc3[nH]cc(-c4ccc5ncn(C)c5c4)c3n2)c1)S(C)(=O)=O. The number of hydrogen-bond donors (Lipinski definition) is 1. The number of imidazole rings is 1. The summed E-state index contributed by atoms with van der Waals surface area (Å²) < 4.78 is 27.0. The van der Waals surface area contributed by atoms with Crippen LogP contribution in [0.3, 0.4) is 0 Å². The number of nitrogens with one attached hydrogen (secondary N) is 1. The van der Waals surface area contributed by atoms with Gasteiger partial charge >= 0.3 is 0 Å². The highest BCUT2D eigenvalue weighted by Crippen LogP contribution is 2.31. The van der Waals surface area contributed by atoms with Gasteiger partial charge < -0.3 is 9.55 Å². The molecule has 0 bridgehead atoms. The second kappa shape index (κ2) is 6.92. The molecule has 5 rings (SSSR count). The summed E-state index contributed by atoms with van der Waals surface area (Å²) in [6.45, 7) is 0. The Morgan fingerprint density at radius 3 is 2.71 bits per heavy atom. The number of nitrogens with zero attached hydrogens (tertiary/aromatic N) is 5. The Hall–Kier alpha value is -3.72. The molecule has 0 unspecified atom stereocenters. The number of aromatic amines is 1. The number of benzene rings is 2. The van der Waals surface area contributed by atoms with Crippen LogP contribution in [-0.4, -0.2) is 46.2 Å². The van der Waals surface area contributed by atoms with Crippen LogP contribution in [0.15, 0.2) is 61.2 Å². The van der Waals surface area contributed by atoms with Crippen molar-refractivity contribution in [1.82, 2.24) is 24.5 Å². The maximum Gasteiger partial charge on any atom is 0.231 e. The van der Waals surface area contributed by atoms with Crippen LogP contribution in [0.2, 0.25) is 0 Å². The van der Waals surface area contributed by atoms with Crippen molar-refractivity contribution in [3.05, 3.63) is 61.2 Å². The van der Waals surface area contributed by atoms with Crippen LogP contribution in [0.4, 0.5) is 5.69 Å². The molecule has 0 aliphatic carbocycles. The Balaban J connectivity index is 1.62. The maximum absolute atomic E-state index is 11.9. The molecule has 5 aromatic rings. The lowest BCUT2D eigenvalue weighted by Crippen LogP contribution is -2.24. The number of sulfonamides is 1. The lowest BCUT2D eigenvalue weighted by Gasteiger charge is -2.17. The van der Waals surface area contributed by atoms with E-state index in [1.807, 2.05) is 42.1 Å². The van der Waals surface area contributed by atoms with E-state index >= 15 is 0 Å². The molecular weight excluding hydrogens is 412 g/mol. The minimum atomic E-state index is -3.35. The van der Waals surface area contributed by atoms with Crippen molar-refractivity contribution in [2.45, 2.75) is 0 Å². The van der Waals surface area contributed by atoms with Crippen LogP contribution >= 0.6 is 0 Å². The highest BCUT2D eigenvalue weighted by molar-refractivity contribution is 7.92. The molecule has 1 N–H and O–H groups in total. The van der Waals surface area contributed by atoms with Crippen molar-refractivity contribution in [1.29, 1.82) is 0 Å². The molecule has 3 heterocycles. The van der Waals surface area contributed by atoms with Crippen LogP contribution in [0.5, 0.6) is 0 Å². The summed E-state index contributed by atoms with van der Waals surface area (Å²) in [4.78, 5) is 16.9. The van der Waals surface area contributed by atoms with E-state index in [1.165, 1.54) is 17.6 Å². The fourth-order valence-electron chi connectivity index (χ4n) is 3.60. The van der Waals surface area contributed by atoms with Crippen LogP contribution in [-0.2, 0) is 17.1 Å². The van der Waals surface area contributed by atoms with Gasteiger partial charge in [0.1, 0.15) is 5.52 Å². The molecule has 8 nitrogen and oxygen atoms in total. The van der Waals surface area contributed by atoms with Crippen molar-refractivity contribution < 1.29 is 8.42 Å². The van der Waals surface area contributed by atoms with Crippen molar-refractivity contribution in [3.8, 4) is 22.4 Å². The molecule has 31 heavy (non-hydrogen) atoms. The minimum absolute atomic E-state index is 0.567. The van der Waals surface area contributed by atoms with Crippen molar-refractivity contribution in [2.24, 2.45) is 7.05 Å². The molecule has 0 aliphatic rings. The zero-order valence-electron chi connectivity index (χ0n) is 17.2. The predicted molar refractivity (Wildman–Crippen MR) is 122 cm³/mol. The Bertz CT molecular complexity index is 1550. The Kier molecular flexibility index (Phi) is 4.30. The molecule has 156 valence electrons. The molecular formula is C22H20N6O2S. The van der Waals surface area contributed by atoms with Gasteiger partial charge in [-0.15, -0.1) is 0 Å². The zero-order chi connectivity index (χ0) is 21.8. The largest absolute Gasteiger partial charge is 0.344 e. The zero-order valence-corrected chi connectivity index (χ0v) is 18.1. The Morgan fingerprint density at radius 2 is 1.90 bits per heavy atom. The quantitative estimate of drug-likeness (QED) is 0.468. The number of fused-ring (bicyclic) bond motifs is 2. The molecule has 0 radical (unpaired) electrons. The molecule has 0 spiro atoms. The minimum Gasteiger partial charge on any atom is -0.344 e. The van der Waals surface area contributed by atoms with Gasteiger partial charge in [0.05, 0.1) is 41.2 Å². The third kappa shape index (κ3) is 3.32. The molecule has 2 aromatic carbocycles. The lowest BCUT2D eigenvalue weighted by atomic mass is 10.1. The predicted octanol–water partition coefficient (Wildman–Crippen LogP) is 3.57. The first-order chi connectivity index (χ1) is 14.8. The van der Waals surface area contributed by atoms with Gasteiger partial charge in [-0.2, -0.15) is 0 Å². The van der Waals surface area contributed by atoms with E-state index in [0.717, 1.165) is 33.2 Å². The van der Waals surface area contributed by atoms with Crippen molar-refractivity contribution >= 4 is 37.9 Å². The van der Waals surface area contributed by atoms with E-state index in [0.29, 0.717) is 17.0 Å². The summed E-state index contributed by atoms with van der Waals surface area (Å²) in [5.41, 5.74) is 7.38. The smallest absolute Gasteiger partial charge is 0.231 e. The number of aromatic nitrogens is 5. The second-order valence-electron chi connectivity index (χ2n) is 7.49. The number of anilines is 1. The summed E-state index contributed by atoms with van der Waals surface area (Å²) in [6, 6.07) is 13.3. The third-order valence-corrected chi connectivity index (χ3v) is 6.63. The van der Waals surface area contributed by atoms with Crippen LogP contribution < -0.4 is 4.31 Å². The van der Waals surface area contributed by atoms with Gasteiger partial charge in [-0.3, -0.25) is 4.31 Å². The number of hydrogen-bond acceptors (Lipinski definition) is 5. The average Bonchev–Trinajstić information content (AvgIpc) is 3.35. The fraction of sp³-hybridized carbons (Fsp3) is 0.136. The maximum atomic E-state index is 11.9. The molecule has 9 heteroatoms.